The number of hydrogen-bond donors (Lipinski definition) is 2. The van der Waals surface area contributed by atoms with Crippen molar-refractivity contribution in [2.24, 2.45) is 5.92 Å². The van der Waals surface area contributed by atoms with Gasteiger partial charge >= 0.3 is 6.61 Å². The van der Waals surface area contributed by atoms with Gasteiger partial charge in [-0.25, -0.2) is 0 Å². The number of likely N-dealkylation sites (tertiary alicyclic amines) is 1. The van der Waals surface area contributed by atoms with Crippen molar-refractivity contribution in [2.75, 3.05) is 13.2 Å². The molecule has 1 aromatic heterocycles. The van der Waals surface area contributed by atoms with Crippen LogP contribution in [-0.2, 0) is 21.7 Å². The van der Waals surface area contributed by atoms with Crippen molar-refractivity contribution in [3.63, 3.8) is 0 Å². The molecule has 0 spiro atoms. The quantitative estimate of drug-likeness (QED) is 0.498. The number of amides is 2. The zero-order valence-corrected chi connectivity index (χ0v) is 21.2. The van der Waals surface area contributed by atoms with Gasteiger partial charge in [0, 0.05) is 25.6 Å². The van der Waals surface area contributed by atoms with Crippen LogP contribution in [0, 0.1) is 5.92 Å². The minimum Gasteiger partial charge on any atom is -0.489 e. The Morgan fingerprint density at radius 2 is 1.97 bits per heavy atom. The summed E-state index contributed by atoms with van der Waals surface area (Å²) in [5.74, 6) is -0.0843. The summed E-state index contributed by atoms with van der Waals surface area (Å²) in [6.45, 7) is 2.68. The van der Waals surface area contributed by atoms with E-state index < -0.39 is 18.3 Å². The van der Waals surface area contributed by atoms with Crippen molar-refractivity contribution in [1.29, 1.82) is 0 Å². The number of aromatic nitrogens is 1. The number of aliphatic hydroxyl groups is 1. The van der Waals surface area contributed by atoms with Gasteiger partial charge in [-0.15, -0.1) is 0 Å². The van der Waals surface area contributed by atoms with E-state index in [0.717, 1.165) is 18.4 Å². The van der Waals surface area contributed by atoms with Crippen molar-refractivity contribution in [3.05, 3.63) is 53.3 Å². The summed E-state index contributed by atoms with van der Waals surface area (Å²) in [5, 5.41) is 13.1. The molecule has 0 radical (unpaired) electrons. The second-order valence-corrected chi connectivity index (χ2v) is 10.3. The normalized spacial score (nSPS) is 19.7. The SMILES string of the molecule is CC(=O)N1CC(c2ccc(OC(F)F)c(OCC3CC3)c2)C[C@@H]1C(=O)NCc1cc(C(C)(C)O)ccn1. The van der Waals surface area contributed by atoms with Gasteiger partial charge in [-0.2, -0.15) is 8.78 Å². The molecule has 0 bridgehead atoms. The minimum absolute atomic E-state index is 0.0316. The van der Waals surface area contributed by atoms with Crippen LogP contribution in [0.3, 0.4) is 0 Å². The van der Waals surface area contributed by atoms with Gasteiger partial charge in [0.2, 0.25) is 11.8 Å². The number of pyridine rings is 1. The largest absolute Gasteiger partial charge is 0.489 e. The number of benzene rings is 1. The van der Waals surface area contributed by atoms with Crippen LogP contribution in [0.1, 0.15) is 62.8 Å². The lowest BCUT2D eigenvalue weighted by Gasteiger charge is -2.22. The highest BCUT2D eigenvalue weighted by atomic mass is 19.3. The van der Waals surface area contributed by atoms with E-state index >= 15 is 0 Å². The molecule has 1 unspecified atom stereocenters. The summed E-state index contributed by atoms with van der Waals surface area (Å²) in [5.41, 5.74) is 1.01. The highest BCUT2D eigenvalue weighted by Gasteiger charge is 2.39. The van der Waals surface area contributed by atoms with Crippen LogP contribution in [0.25, 0.3) is 0 Å². The van der Waals surface area contributed by atoms with Gasteiger partial charge in [0.15, 0.2) is 11.5 Å². The highest BCUT2D eigenvalue weighted by Crippen LogP contribution is 2.39. The molecule has 1 aliphatic carbocycles. The molecular formula is C27H33F2N3O5. The number of ether oxygens (including phenoxy) is 2. The third kappa shape index (κ3) is 6.94. The van der Waals surface area contributed by atoms with Gasteiger partial charge in [-0.3, -0.25) is 14.6 Å². The fourth-order valence-corrected chi connectivity index (χ4v) is 4.50. The van der Waals surface area contributed by atoms with E-state index in [9.17, 15) is 23.5 Å². The average molecular weight is 518 g/mol. The average Bonchev–Trinajstić information content (AvgIpc) is 3.56. The molecule has 2 atom stereocenters. The van der Waals surface area contributed by atoms with Crippen LogP contribution in [0.4, 0.5) is 8.78 Å². The first-order valence-corrected chi connectivity index (χ1v) is 12.5. The Kier molecular flexibility index (Phi) is 7.96. The van der Waals surface area contributed by atoms with Gasteiger partial charge in [-0.05, 0) is 74.4 Å². The monoisotopic (exact) mass is 517 g/mol. The van der Waals surface area contributed by atoms with Crippen molar-refractivity contribution >= 4 is 11.8 Å². The van der Waals surface area contributed by atoms with Gasteiger partial charge in [0.05, 0.1) is 24.4 Å². The molecule has 37 heavy (non-hydrogen) atoms. The van der Waals surface area contributed by atoms with E-state index in [4.69, 9.17) is 4.74 Å². The molecule has 2 aliphatic rings. The van der Waals surface area contributed by atoms with Crippen molar-refractivity contribution in [3.8, 4) is 11.5 Å². The number of hydrogen-bond acceptors (Lipinski definition) is 6. The molecule has 1 aliphatic heterocycles. The van der Waals surface area contributed by atoms with E-state index in [2.05, 4.69) is 15.0 Å². The van der Waals surface area contributed by atoms with Crippen LogP contribution in [0.5, 0.6) is 11.5 Å². The summed E-state index contributed by atoms with van der Waals surface area (Å²) >= 11 is 0. The van der Waals surface area contributed by atoms with Crippen LogP contribution >= 0.6 is 0 Å². The Morgan fingerprint density at radius 3 is 2.62 bits per heavy atom. The molecule has 1 saturated carbocycles. The zero-order valence-electron chi connectivity index (χ0n) is 21.2. The topological polar surface area (TPSA) is 101 Å². The predicted octanol–water partition coefficient (Wildman–Crippen LogP) is 3.72. The standard InChI is InChI=1S/C27H33F2N3O5/c1-16(33)32-14-19(18-6-7-23(37-26(28)29)24(11-18)36-15-17-4-5-17)10-22(32)25(34)31-13-21-12-20(8-9-30-21)27(2,3)35/h6-9,11-12,17,19,22,26,35H,4-5,10,13-15H2,1-3H3,(H,31,34)/t19?,22-/m1/s1. The lowest BCUT2D eigenvalue weighted by atomic mass is 9.95. The first-order chi connectivity index (χ1) is 17.5. The first kappa shape index (κ1) is 26.8. The van der Waals surface area contributed by atoms with E-state index in [-0.39, 0.29) is 35.8 Å². The molecule has 10 heteroatoms. The number of nitrogens with zero attached hydrogens (tertiary/aromatic N) is 2. The molecule has 4 rings (SSSR count). The zero-order chi connectivity index (χ0) is 26.7. The molecule has 1 saturated heterocycles. The van der Waals surface area contributed by atoms with E-state index in [1.807, 2.05) is 0 Å². The number of nitrogens with one attached hydrogen (secondary N) is 1. The number of carbonyl (C=O) groups excluding carboxylic acids is 2. The Hall–Kier alpha value is -3.27. The fourth-order valence-electron chi connectivity index (χ4n) is 4.50. The molecule has 200 valence electrons. The van der Waals surface area contributed by atoms with E-state index in [1.54, 1.807) is 44.3 Å². The lowest BCUT2D eigenvalue weighted by molar-refractivity contribution is -0.136. The van der Waals surface area contributed by atoms with Crippen LogP contribution in [0.15, 0.2) is 36.5 Å². The minimum atomic E-state index is -2.97. The highest BCUT2D eigenvalue weighted by molar-refractivity contribution is 5.87. The molecule has 2 aromatic rings. The molecule has 2 heterocycles. The summed E-state index contributed by atoms with van der Waals surface area (Å²) in [6.07, 6.45) is 4.05. The van der Waals surface area contributed by atoms with Crippen molar-refractivity contribution in [2.45, 2.75) is 70.8 Å². The van der Waals surface area contributed by atoms with Crippen LogP contribution in [0.2, 0.25) is 0 Å². The maximum atomic E-state index is 13.1. The molecular weight excluding hydrogens is 484 g/mol. The fraction of sp³-hybridized carbons (Fsp3) is 0.519. The predicted molar refractivity (Wildman–Crippen MR) is 131 cm³/mol. The van der Waals surface area contributed by atoms with E-state index in [1.165, 1.54) is 17.9 Å². The van der Waals surface area contributed by atoms with E-state index in [0.29, 0.717) is 36.7 Å². The summed E-state index contributed by atoms with van der Waals surface area (Å²) in [4.78, 5) is 31.3. The first-order valence-electron chi connectivity index (χ1n) is 12.5. The summed E-state index contributed by atoms with van der Waals surface area (Å²) in [7, 11) is 0. The number of halogens is 2. The number of carbonyl (C=O) groups is 2. The Balaban J connectivity index is 1.46. The van der Waals surface area contributed by atoms with Gasteiger partial charge in [-0.1, -0.05) is 6.07 Å². The molecule has 2 fully saturated rings. The Morgan fingerprint density at radius 1 is 1.22 bits per heavy atom. The van der Waals surface area contributed by atoms with Crippen LogP contribution < -0.4 is 14.8 Å². The van der Waals surface area contributed by atoms with Gasteiger partial charge < -0.3 is 24.8 Å². The third-order valence-electron chi connectivity index (χ3n) is 6.80. The molecule has 2 N–H and O–H groups in total. The third-order valence-corrected chi connectivity index (χ3v) is 6.80. The number of alkyl halides is 2. The lowest BCUT2D eigenvalue weighted by Crippen LogP contribution is -2.45. The Bertz CT molecular complexity index is 1130. The van der Waals surface area contributed by atoms with Gasteiger partial charge in [0.1, 0.15) is 6.04 Å². The second kappa shape index (κ2) is 11.0. The molecule has 8 nitrogen and oxygen atoms in total. The van der Waals surface area contributed by atoms with Crippen molar-refractivity contribution in [1.82, 2.24) is 15.2 Å². The van der Waals surface area contributed by atoms with Gasteiger partial charge in [0.25, 0.3) is 0 Å². The second-order valence-electron chi connectivity index (χ2n) is 10.3. The summed E-state index contributed by atoms with van der Waals surface area (Å²) in [6, 6.07) is 7.56. The Labute approximate surface area is 215 Å². The summed E-state index contributed by atoms with van der Waals surface area (Å²) < 4.78 is 36.2. The molecule has 2 amide bonds. The maximum Gasteiger partial charge on any atom is 0.387 e. The van der Waals surface area contributed by atoms with Crippen LogP contribution in [-0.4, -0.2) is 52.6 Å². The maximum absolute atomic E-state index is 13.1. The number of rotatable bonds is 10. The molecule has 1 aromatic carbocycles. The van der Waals surface area contributed by atoms with Crippen molar-refractivity contribution < 1.29 is 33.0 Å². The smallest absolute Gasteiger partial charge is 0.387 e.